The lowest BCUT2D eigenvalue weighted by atomic mass is 10.2. The van der Waals surface area contributed by atoms with Gasteiger partial charge in [-0.2, -0.15) is 0 Å². The summed E-state index contributed by atoms with van der Waals surface area (Å²) >= 11 is 0. The molecular weight excluding hydrogens is 294 g/mol. The number of non-ortho nitro benzene ring substituents is 1. The highest BCUT2D eigenvalue weighted by Crippen LogP contribution is 2.12. The molecule has 0 aliphatic carbocycles. The van der Waals surface area contributed by atoms with E-state index in [0.717, 1.165) is 6.08 Å². The predicted molar refractivity (Wildman–Crippen MR) is 75.8 cm³/mol. The van der Waals surface area contributed by atoms with Crippen molar-refractivity contribution in [2.75, 3.05) is 13.1 Å². The average molecular weight is 307 g/mol. The van der Waals surface area contributed by atoms with Gasteiger partial charge in [-0.3, -0.25) is 24.5 Å². The molecule has 22 heavy (non-hydrogen) atoms. The minimum Gasteiger partial charge on any atom is -0.480 e. The Labute approximate surface area is 124 Å². The normalized spacial score (nSPS) is 10.2. The highest BCUT2D eigenvalue weighted by atomic mass is 16.6. The molecule has 0 radical (unpaired) electrons. The van der Waals surface area contributed by atoms with E-state index in [0.29, 0.717) is 5.56 Å². The molecule has 0 aliphatic rings. The van der Waals surface area contributed by atoms with E-state index in [1.165, 1.54) is 30.3 Å². The van der Waals surface area contributed by atoms with Gasteiger partial charge in [-0.15, -0.1) is 0 Å². The third-order valence-corrected chi connectivity index (χ3v) is 2.39. The van der Waals surface area contributed by atoms with Crippen molar-refractivity contribution in [3.05, 3.63) is 46.0 Å². The predicted octanol–water partition coefficient (Wildman–Crippen LogP) is -0.0750. The number of hydrogen-bond acceptors (Lipinski definition) is 5. The quantitative estimate of drug-likeness (QED) is 0.366. The zero-order valence-electron chi connectivity index (χ0n) is 11.3. The number of carbonyl (C=O) groups excluding carboxylic acids is 2. The highest BCUT2D eigenvalue weighted by molar-refractivity contribution is 5.94. The van der Waals surface area contributed by atoms with Crippen LogP contribution in [0.25, 0.3) is 6.08 Å². The number of nitro groups is 1. The maximum absolute atomic E-state index is 11.4. The second-order valence-electron chi connectivity index (χ2n) is 4.07. The average Bonchev–Trinajstić information content (AvgIpc) is 2.49. The van der Waals surface area contributed by atoms with Crippen molar-refractivity contribution >= 4 is 29.5 Å². The maximum Gasteiger partial charge on any atom is 0.322 e. The monoisotopic (exact) mass is 307 g/mol. The maximum atomic E-state index is 11.4. The fourth-order valence-electron chi connectivity index (χ4n) is 1.34. The molecule has 0 bridgehead atoms. The lowest BCUT2D eigenvalue weighted by Gasteiger charge is -2.02. The molecule has 0 fully saturated rings. The van der Waals surface area contributed by atoms with Gasteiger partial charge in [0.1, 0.15) is 6.54 Å². The molecule has 0 atom stereocenters. The molecule has 116 valence electrons. The molecular formula is C13H13N3O6. The lowest BCUT2D eigenvalue weighted by Crippen LogP contribution is -2.38. The fraction of sp³-hybridized carbons (Fsp3) is 0.154. The van der Waals surface area contributed by atoms with Gasteiger partial charge in [-0.05, 0) is 23.8 Å². The van der Waals surface area contributed by atoms with Crippen molar-refractivity contribution in [3.8, 4) is 0 Å². The van der Waals surface area contributed by atoms with E-state index >= 15 is 0 Å². The molecule has 0 saturated carbocycles. The van der Waals surface area contributed by atoms with Crippen molar-refractivity contribution in [2.45, 2.75) is 0 Å². The Balaban J connectivity index is 2.42. The molecule has 9 heteroatoms. The van der Waals surface area contributed by atoms with Crippen molar-refractivity contribution < 1.29 is 24.4 Å². The van der Waals surface area contributed by atoms with E-state index in [2.05, 4.69) is 10.6 Å². The standard InChI is InChI=1S/C13H13N3O6/c17-11(14-7-12(18)15-8-13(19)20)6-3-9-1-4-10(5-2-9)16(21)22/h1-6H,7-8H2,(H,14,17)(H,15,18)(H,19,20)/b6-3+. The third kappa shape index (κ3) is 6.28. The fourth-order valence-corrected chi connectivity index (χ4v) is 1.34. The lowest BCUT2D eigenvalue weighted by molar-refractivity contribution is -0.384. The topological polar surface area (TPSA) is 139 Å². The van der Waals surface area contributed by atoms with E-state index in [1.54, 1.807) is 0 Å². The number of carboxylic acids is 1. The van der Waals surface area contributed by atoms with Crippen molar-refractivity contribution in [3.63, 3.8) is 0 Å². The van der Waals surface area contributed by atoms with Crippen LogP contribution in [0.4, 0.5) is 5.69 Å². The molecule has 3 N–H and O–H groups in total. The number of carbonyl (C=O) groups is 3. The van der Waals surface area contributed by atoms with Gasteiger partial charge in [0.15, 0.2) is 0 Å². The zero-order valence-corrected chi connectivity index (χ0v) is 11.3. The zero-order chi connectivity index (χ0) is 16.5. The molecule has 0 aromatic heterocycles. The summed E-state index contributed by atoms with van der Waals surface area (Å²) in [5, 5.41) is 23.2. The Hall–Kier alpha value is -3.23. The van der Waals surface area contributed by atoms with Crippen LogP contribution >= 0.6 is 0 Å². The van der Waals surface area contributed by atoms with Crippen LogP contribution in [-0.4, -0.2) is 40.9 Å². The van der Waals surface area contributed by atoms with Gasteiger partial charge in [0, 0.05) is 18.2 Å². The second-order valence-corrected chi connectivity index (χ2v) is 4.07. The molecule has 0 saturated heterocycles. The molecule has 1 aromatic rings. The Morgan fingerprint density at radius 3 is 2.32 bits per heavy atom. The van der Waals surface area contributed by atoms with E-state index in [-0.39, 0.29) is 12.2 Å². The second kappa shape index (κ2) is 8.15. The summed E-state index contributed by atoms with van der Waals surface area (Å²) in [7, 11) is 0. The summed E-state index contributed by atoms with van der Waals surface area (Å²) in [4.78, 5) is 42.7. The molecule has 0 aliphatic heterocycles. The van der Waals surface area contributed by atoms with Crippen LogP contribution in [-0.2, 0) is 14.4 Å². The molecule has 0 unspecified atom stereocenters. The molecule has 1 aromatic carbocycles. The van der Waals surface area contributed by atoms with Crippen molar-refractivity contribution in [1.82, 2.24) is 10.6 Å². The Morgan fingerprint density at radius 1 is 1.14 bits per heavy atom. The summed E-state index contributed by atoms with van der Waals surface area (Å²) in [5.41, 5.74) is 0.521. The first-order chi connectivity index (χ1) is 10.4. The number of aliphatic carboxylic acids is 1. The third-order valence-electron chi connectivity index (χ3n) is 2.39. The summed E-state index contributed by atoms with van der Waals surface area (Å²) < 4.78 is 0. The van der Waals surface area contributed by atoms with Crippen LogP contribution in [0.2, 0.25) is 0 Å². The van der Waals surface area contributed by atoms with E-state index in [9.17, 15) is 24.5 Å². The Kier molecular flexibility index (Phi) is 6.23. The first-order valence-electron chi connectivity index (χ1n) is 6.07. The Bertz CT molecular complexity index is 609. The Morgan fingerprint density at radius 2 is 1.77 bits per heavy atom. The van der Waals surface area contributed by atoms with Crippen molar-refractivity contribution in [2.24, 2.45) is 0 Å². The van der Waals surface area contributed by atoms with Gasteiger partial charge in [-0.1, -0.05) is 0 Å². The van der Waals surface area contributed by atoms with Gasteiger partial charge in [0.05, 0.1) is 11.5 Å². The van der Waals surface area contributed by atoms with Gasteiger partial charge >= 0.3 is 5.97 Å². The van der Waals surface area contributed by atoms with E-state index < -0.39 is 29.3 Å². The van der Waals surface area contributed by atoms with Crippen molar-refractivity contribution in [1.29, 1.82) is 0 Å². The molecule has 9 nitrogen and oxygen atoms in total. The number of carboxylic acid groups (broad SMARTS) is 1. The number of rotatable bonds is 7. The molecule has 0 heterocycles. The molecule has 2 amide bonds. The largest absolute Gasteiger partial charge is 0.480 e. The van der Waals surface area contributed by atoms with Gasteiger partial charge in [0.2, 0.25) is 11.8 Å². The van der Waals surface area contributed by atoms with Crippen LogP contribution in [0.15, 0.2) is 30.3 Å². The SMILES string of the molecule is O=C(O)CNC(=O)CNC(=O)/C=C/c1ccc([N+](=O)[O-])cc1. The number of nitro benzene ring substituents is 1. The van der Waals surface area contributed by atoms with Gasteiger partial charge < -0.3 is 15.7 Å². The number of amides is 2. The first kappa shape index (κ1) is 16.8. The van der Waals surface area contributed by atoms with E-state index in [4.69, 9.17) is 5.11 Å². The summed E-state index contributed by atoms with van der Waals surface area (Å²) in [6.45, 7) is -0.871. The van der Waals surface area contributed by atoms with Crippen LogP contribution in [0.1, 0.15) is 5.56 Å². The summed E-state index contributed by atoms with van der Waals surface area (Å²) in [6.07, 6.45) is 2.58. The molecule has 1 rings (SSSR count). The van der Waals surface area contributed by atoms with Crippen LogP contribution < -0.4 is 10.6 Å². The van der Waals surface area contributed by atoms with Crippen LogP contribution in [0, 0.1) is 10.1 Å². The minimum absolute atomic E-state index is 0.0586. The minimum atomic E-state index is -1.18. The highest BCUT2D eigenvalue weighted by Gasteiger charge is 2.05. The van der Waals surface area contributed by atoms with Gasteiger partial charge in [-0.25, -0.2) is 0 Å². The van der Waals surface area contributed by atoms with Crippen LogP contribution in [0.5, 0.6) is 0 Å². The summed E-state index contributed by atoms with van der Waals surface area (Å²) in [5.74, 6) is -2.36. The number of nitrogens with one attached hydrogen (secondary N) is 2. The van der Waals surface area contributed by atoms with Gasteiger partial charge in [0.25, 0.3) is 5.69 Å². The summed E-state index contributed by atoms with van der Waals surface area (Å²) in [6, 6.07) is 5.55. The number of benzene rings is 1. The number of hydrogen-bond donors (Lipinski definition) is 3. The van der Waals surface area contributed by atoms with Crippen LogP contribution in [0.3, 0.4) is 0 Å². The first-order valence-corrected chi connectivity index (χ1v) is 6.07. The van der Waals surface area contributed by atoms with E-state index in [1.807, 2.05) is 0 Å². The molecule has 0 spiro atoms. The number of nitrogens with zero attached hydrogens (tertiary/aromatic N) is 1. The smallest absolute Gasteiger partial charge is 0.322 e.